The molecule has 154 valence electrons. The molecule has 1 fully saturated rings. The standard InChI is InChI=1S/C23H17N5S.C2H6/c1-2-17-20(25-9-1)13-19(14-7-10-24-11-8-14)27-22(17)26-16-5-6-18-21(12-16)29-23(28-18)15-3-4-15;1-2/h1-2,5-13,15H,3-4H2,(H,26,27);1-2H3. The first-order chi connectivity index (χ1) is 15.3. The van der Waals surface area contributed by atoms with Crippen LogP contribution in [0.3, 0.4) is 0 Å². The van der Waals surface area contributed by atoms with E-state index in [1.807, 2.05) is 50.4 Å². The summed E-state index contributed by atoms with van der Waals surface area (Å²) >= 11 is 1.81. The largest absolute Gasteiger partial charge is 0.340 e. The number of thiazole rings is 1. The lowest BCUT2D eigenvalue weighted by Gasteiger charge is -2.11. The lowest BCUT2D eigenvalue weighted by atomic mass is 10.1. The van der Waals surface area contributed by atoms with Gasteiger partial charge >= 0.3 is 0 Å². The highest BCUT2D eigenvalue weighted by Crippen LogP contribution is 2.43. The summed E-state index contributed by atoms with van der Waals surface area (Å²) in [6, 6.07) is 16.3. The van der Waals surface area contributed by atoms with E-state index in [1.54, 1.807) is 23.7 Å². The third-order valence-electron chi connectivity index (χ3n) is 5.17. The first-order valence-electron chi connectivity index (χ1n) is 10.7. The third kappa shape index (κ3) is 3.99. The molecule has 5 aromatic rings. The molecule has 1 aliphatic carbocycles. The Balaban J connectivity index is 0.000000994. The molecule has 0 unspecified atom stereocenters. The predicted molar refractivity (Wildman–Crippen MR) is 129 cm³/mol. The van der Waals surface area contributed by atoms with E-state index < -0.39 is 0 Å². The smallest absolute Gasteiger partial charge is 0.140 e. The van der Waals surface area contributed by atoms with E-state index >= 15 is 0 Å². The van der Waals surface area contributed by atoms with E-state index in [1.165, 1.54) is 22.5 Å². The monoisotopic (exact) mass is 425 g/mol. The Morgan fingerprint density at radius 3 is 2.55 bits per heavy atom. The van der Waals surface area contributed by atoms with Crippen molar-refractivity contribution in [3.05, 3.63) is 72.1 Å². The minimum Gasteiger partial charge on any atom is -0.340 e. The van der Waals surface area contributed by atoms with Crippen molar-refractivity contribution in [1.82, 2.24) is 19.9 Å². The molecule has 4 aromatic heterocycles. The zero-order valence-electron chi connectivity index (χ0n) is 17.5. The number of hydrogen-bond donors (Lipinski definition) is 1. The van der Waals surface area contributed by atoms with Crippen molar-refractivity contribution >= 4 is 44.0 Å². The fourth-order valence-corrected chi connectivity index (χ4v) is 4.68. The molecule has 5 nitrogen and oxygen atoms in total. The summed E-state index contributed by atoms with van der Waals surface area (Å²) in [5.41, 5.74) is 4.88. The number of benzene rings is 1. The molecule has 0 saturated heterocycles. The van der Waals surface area contributed by atoms with Gasteiger partial charge in [0.1, 0.15) is 5.82 Å². The third-order valence-corrected chi connectivity index (χ3v) is 6.35. The summed E-state index contributed by atoms with van der Waals surface area (Å²) in [5, 5.41) is 5.78. The van der Waals surface area contributed by atoms with Crippen molar-refractivity contribution in [2.75, 3.05) is 5.32 Å². The van der Waals surface area contributed by atoms with Crippen LogP contribution < -0.4 is 5.32 Å². The second-order valence-electron chi connectivity index (χ2n) is 7.30. The van der Waals surface area contributed by atoms with E-state index in [9.17, 15) is 0 Å². The summed E-state index contributed by atoms with van der Waals surface area (Å²) in [4.78, 5) is 18.3. The van der Waals surface area contributed by atoms with Crippen LogP contribution in [0.4, 0.5) is 11.5 Å². The van der Waals surface area contributed by atoms with Crippen LogP contribution >= 0.6 is 11.3 Å². The molecular weight excluding hydrogens is 402 g/mol. The number of hydrogen-bond acceptors (Lipinski definition) is 6. The minimum atomic E-state index is 0.678. The van der Waals surface area contributed by atoms with Crippen LogP contribution in [0.2, 0.25) is 0 Å². The summed E-state index contributed by atoms with van der Waals surface area (Å²) in [5.74, 6) is 1.48. The van der Waals surface area contributed by atoms with Gasteiger partial charge in [-0.25, -0.2) is 9.97 Å². The van der Waals surface area contributed by atoms with E-state index in [-0.39, 0.29) is 0 Å². The van der Waals surface area contributed by atoms with Gasteiger partial charge in [0.2, 0.25) is 0 Å². The van der Waals surface area contributed by atoms with Crippen molar-refractivity contribution in [2.24, 2.45) is 0 Å². The number of nitrogens with one attached hydrogen (secondary N) is 1. The lowest BCUT2D eigenvalue weighted by molar-refractivity contribution is 1.10. The van der Waals surface area contributed by atoms with Crippen LogP contribution in [0.5, 0.6) is 0 Å². The van der Waals surface area contributed by atoms with Crippen molar-refractivity contribution in [3.8, 4) is 11.3 Å². The number of rotatable bonds is 4. The van der Waals surface area contributed by atoms with Crippen LogP contribution in [0.1, 0.15) is 37.6 Å². The molecule has 6 rings (SSSR count). The zero-order valence-corrected chi connectivity index (χ0v) is 18.4. The van der Waals surface area contributed by atoms with Crippen molar-refractivity contribution in [2.45, 2.75) is 32.6 Å². The highest BCUT2D eigenvalue weighted by molar-refractivity contribution is 7.18. The maximum atomic E-state index is 4.90. The van der Waals surface area contributed by atoms with Gasteiger partial charge in [-0.15, -0.1) is 11.3 Å². The molecule has 0 aliphatic heterocycles. The van der Waals surface area contributed by atoms with Crippen LogP contribution in [0.15, 0.2) is 67.1 Å². The van der Waals surface area contributed by atoms with Crippen LogP contribution in [-0.4, -0.2) is 19.9 Å². The Kier molecular flexibility index (Phi) is 5.30. The molecule has 0 amide bonds. The van der Waals surface area contributed by atoms with Crippen molar-refractivity contribution < 1.29 is 0 Å². The summed E-state index contributed by atoms with van der Waals surface area (Å²) in [6.45, 7) is 4.00. The molecular formula is C25H23N5S. The second-order valence-corrected chi connectivity index (χ2v) is 8.36. The average molecular weight is 426 g/mol. The molecule has 1 saturated carbocycles. The highest BCUT2D eigenvalue weighted by atomic mass is 32.1. The molecule has 0 bridgehead atoms. The fourth-order valence-electron chi connectivity index (χ4n) is 3.50. The first-order valence-corrected chi connectivity index (χ1v) is 11.5. The Morgan fingerprint density at radius 1 is 0.903 bits per heavy atom. The molecule has 0 spiro atoms. The summed E-state index contributed by atoms with van der Waals surface area (Å²) in [6.07, 6.45) is 7.92. The van der Waals surface area contributed by atoms with E-state index in [0.29, 0.717) is 5.92 Å². The zero-order chi connectivity index (χ0) is 21.2. The molecule has 0 radical (unpaired) electrons. The average Bonchev–Trinajstić information content (AvgIpc) is 3.60. The van der Waals surface area contributed by atoms with Gasteiger partial charge in [-0.2, -0.15) is 0 Å². The maximum Gasteiger partial charge on any atom is 0.140 e. The topological polar surface area (TPSA) is 63.6 Å². The summed E-state index contributed by atoms with van der Waals surface area (Å²) in [7, 11) is 0. The van der Waals surface area contributed by atoms with Gasteiger partial charge in [-0.3, -0.25) is 9.97 Å². The lowest BCUT2D eigenvalue weighted by Crippen LogP contribution is -1.97. The number of nitrogens with zero attached hydrogens (tertiary/aromatic N) is 4. The predicted octanol–water partition coefficient (Wildman–Crippen LogP) is 6.95. The Hall–Kier alpha value is -3.38. The van der Waals surface area contributed by atoms with Gasteiger partial charge in [0.05, 0.1) is 26.4 Å². The highest BCUT2D eigenvalue weighted by Gasteiger charge is 2.27. The maximum absolute atomic E-state index is 4.90. The SMILES string of the molecule is CC.c1cnc2cc(-c3ccncc3)nc(Nc3ccc4nc(C5CC5)sc4c3)c2c1. The normalized spacial score (nSPS) is 13.1. The Labute approximate surface area is 185 Å². The van der Waals surface area contributed by atoms with Gasteiger partial charge in [-0.05, 0) is 61.4 Å². The van der Waals surface area contributed by atoms with Gasteiger partial charge in [0.25, 0.3) is 0 Å². The second kappa shape index (κ2) is 8.40. The van der Waals surface area contributed by atoms with E-state index in [0.717, 1.165) is 39.2 Å². The van der Waals surface area contributed by atoms with Gasteiger partial charge in [0.15, 0.2) is 0 Å². The molecule has 31 heavy (non-hydrogen) atoms. The quantitative estimate of drug-likeness (QED) is 0.337. The van der Waals surface area contributed by atoms with Crippen molar-refractivity contribution in [3.63, 3.8) is 0 Å². The molecule has 1 aromatic carbocycles. The first kappa shape index (κ1) is 19.6. The van der Waals surface area contributed by atoms with E-state index in [2.05, 4.69) is 33.5 Å². The molecule has 6 heteroatoms. The van der Waals surface area contributed by atoms with Crippen molar-refractivity contribution in [1.29, 1.82) is 0 Å². The minimum absolute atomic E-state index is 0.678. The Morgan fingerprint density at radius 2 is 1.74 bits per heavy atom. The molecule has 1 aliphatic rings. The van der Waals surface area contributed by atoms with Gasteiger partial charge in [-0.1, -0.05) is 13.8 Å². The molecule has 1 N–H and O–H groups in total. The van der Waals surface area contributed by atoms with Gasteiger partial charge in [0, 0.05) is 41.1 Å². The van der Waals surface area contributed by atoms with E-state index in [4.69, 9.17) is 9.97 Å². The van der Waals surface area contributed by atoms with Crippen LogP contribution in [-0.2, 0) is 0 Å². The number of fused-ring (bicyclic) bond motifs is 2. The fraction of sp³-hybridized carbons (Fsp3) is 0.200. The van der Waals surface area contributed by atoms with Gasteiger partial charge < -0.3 is 5.32 Å². The summed E-state index contributed by atoms with van der Waals surface area (Å²) < 4.78 is 1.21. The number of pyridine rings is 3. The molecule has 0 atom stereocenters. The molecule has 4 heterocycles. The number of aromatic nitrogens is 4. The van der Waals surface area contributed by atoms with Crippen LogP contribution in [0.25, 0.3) is 32.4 Å². The Bertz CT molecular complexity index is 1340. The number of anilines is 2. The van der Waals surface area contributed by atoms with Crippen LogP contribution in [0, 0.1) is 0 Å².